The van der Waals surface area contributed by atoms with Crippen LogP contribution in [-0.4, -0.2) is 45.7 Å². The Bertz CT molecular complexity index is 1240. The second kappa shape index (κ2) is 11.8. The van der Waals surface area contributed by atoms with Crippen LogP contribution in [-0.2, 0) is 27.4 Å². The smallest absolute Gasteiger partial charge is 0.349 e. The standard InChI is InChI=1S/C28H33ClN2O6/c1-7-35-27(34)28(5,6)37-25-17(2)12-20(13-18(25)3)14-31(16-24(32)33)15-23-19(4)36-26(30-23)21-8-10-22(29)11-9-21/h8-13H,7,14-16H2,1-6H3,(H,32,33). The second-order valence-corrected chi connectivity index (χ2v) is 9.90. The van der Waals surface area contributed by atoms with E-state index in [1.807, 2.05) is 45.0 Å². The minimum Gasteiger partial charge on any atom is -0.480 e. The number of carbonyl (C=O) groups is 2. The number of carboxylic acids is 1. The van der Waals surface area contributed by atoms with Crippen LogP contribution in [0.5, 0.6) is 5.75 Å². The molecular formula is C28H33ClN2O6. The van der Waals surface area contributed by atoms with Crippen LogP contribution in [0.1, 0.15) is 48.9 Å². The van der Waals surface area contributed by atoms with Crippen molar-refractivity contribution in [2.24, 2.45) is 0 Å². The Labute approximate surface area is 222 Å². The molecule has 0 fully saturated rings. The van der Waals surface area contributed by atoms with Crippen molar-refractivity contribution in [3.05, 3.63) is 69.6 Å². The monoisotopic (exact) mass is 528 g/mol. The van der Waals surface area contributed by atoms with Gasteiger partial charge in [0.25, 0.3) is 0 Å². The maximum atomic E-state index is 12.3. The summed E-state index contributed by atoms with van der Waals surface area (Å²) in [6.45, 7) is 11.5. The number of carbonyl (C=O) groups excluding carboxylic acids is 1. The summed E-state index contributed by atoms with van der Waals surface area (Å²) in [5.74, 6) is 0.302. The summed E-state index contributed by atoms with van der Waals surface area (Å²) < 4.78 is 17.0. The highest BCUT2D eigenvalue weighted by molar-refractivity contribution is 6.30. The zero-order valence-corrected chi connectivity index (χ0v) is 22.8. The highest BCUT2D eigenvalue weighted by atomic mass is 35.5. The second-order valence-electron chi connectivity index (χ2n) is 9.46. The molecule has 2 aromatic carbocycles. The number of halogens is 1. The molecule has 1 heterocycles. The van der Waals surface area contributed by atoms with E-state index in [0.29, 0.717) is 41.2 Å². The molecule has 9 heteroatoms. The van der Waals surface area contributed by atoms with Gasteiger partial charge in [0.1, 0.15) is 11.5 Å². The lowest BCUT2D eigenvalue weighted by molar-refractivity contribution is -0.158. The van der Waals surface area contributed by atoms with E-state index in [1.54, 1.807) is 37.8 Å². The van der Waals surface area contributed by atoms with Gasteiger partial charge in [-0.1, -0.05) is 23.7 Å². The summed E-state index contributed by atoms with van der Waals surface area (Å²) in [6, 6.07) is 11.0. The lowest BCUT2D eigenvalue weighted by Gasteiger charge is -2.27. The summed E-state index contributed by atoms with van der Waals surface area (Å²) >= 11 is 5.98. The van der Waals surface area contributed by atoms with Gasteiger partial charge in [0.05, 0.1) is 18.8 Å². The lowest BCUT2D eigenvalue weighted by atomic mass is 10.0. The average Bonchev–Trinajstić information content (AvgIpc) is 3.16. The summed E-state index contributed by atoms with van der Waals surface area (Å²) in [7, 11) is 0. The van der Waals surface area contributed by atoms with Crippen molar-refractivity contribution in [2.45, 2.75) is 60.2 Å². The molecule has 37 heavy (non-hydrogen) atoms. The maximum Gasteiger partial charge on any atom is 0.349 e. The van der Waals surface area contributed by atoms with Crippen LogP contribution < -0.4 is 4.74 Å². The molecule has 0 atom stereocenters. The molecule has 3 rings (SSSR count). The normalized spacial score (nSPS) is 11.6. The van der Waals surface area contributed by atoms with E-state index in [2.05, 4.69) is 4.98 Å². The molecule has 0 amide bonds. The van der Waals surface area contributed by atoms with Crippen LogP contribution >= 0.6 is 11.6 Å². The molecule has 0 bridgehead atoms. The third-order valence-electron chi connectivity index (χ3n) is 5.77. The van der Waals surface area contributed by atoms with Crippen molar-refractivity contribution in [3.8, 4) is 17.2 Å². The van der Waals surface area contributed by atoms with E-state index >= 15 is 0 Å². The number of aromatic nitrogens is 1. The fourth-order valence-electron chi connectivity index (χ4n) is 4.01. The zero-order chi connectivity index (χ0) is 27.3. The summed E-state index contributed by atoms with van der Waals surface area (Å²) in [5, 5.41) is 10.2. The zero-order valence-electron chi connectivity index (χ0n) is 22.1. The molecule has 198 valence electrons. The van der Waals surface area contributed by atoms with Crippen LogP contribution in [0.2, 0.25) is 5.02 Å². The van der Waals surface area contributed by atoms with Crippen LogP contribution in [0, 0.1) is 20.8 Å². The quantitative estimate of drug-likeness (QED) is 0.315. The van der Waals surface area contributed by atoms with Gasteiger partial charge in [-0.3, -0.25) is 9.69 Å². The van der Waals surface area contributed by atoms with Gasteiger partial charge in [0, 0.05) is 23.7 Å². The molecule has 0 spiro atoms. The number of nitrogens with zero attached hydrogens (tertiary/aromatic N) is 2. The summed E-state index contributed by atoms with van der Waals surface area (Å²) in [4.78, 5) is 30.3. The highest BCUT2D eigenvalue weighted by Gasteiger charge is 2.32. The van der Waals surface area contributed by atoms with Crippen LogP contribution in [0.15, 0.2) is 40.8 Å². The number of rotatable bonds is 11. The van der Waals surface area contributed by atoms with Crippen molar-refractivity contribution >= 4 is 23.5 Å². The first kappa shape index (κ1) is 28.2. The van der Waals surface area contributed by atoms with E-state index in [1.165, 1.54) is 0 Å². The number of ether oxygens (including phenoxy) is 2. The molecule has 0 aliphatic carbocycles. The Morgan fingerprint density at radius 3 is 2.27 bits per heavy atom. The predicted octanol–water partition coefficient (Wildman–Crippen LogP) is 5.73. The number of aryl methyl sites for hydroxylation is 3. The topological polar surface area (TPSA) is 102 Å². The van der Waals surface area contributed by atoms with E-state index in [-0.39, 0.29) is 13.2 Å². The van der Waals surface area contributed by atoms with Crippen LogP contribution in [0.4, 0.5) is 0 Å². The Balaban J connectivity index is 1.81. The number of benzene rings is 2. The van der Waals surface area contributed by atoms with Gasteiger partial charge in [-0.25, -0.2) is 9.78 Å². The van der Waals surface area contributed by atoms with Gasteiger partial charge in [-0.15, -0.1) is 0 Å². The summed E-state index contributed by atoms with van der Waals surface area (Å²) in [5.41, 5.74) is 2.90. The Kier molecular flexibility index (Phi) is 8.99. The largest absolute Gasteiger partial charge is 0.480 e. The molecule has 0 aliphatic heterocycles. The van der Waals surface area contributed by atoms with Gasteiger partial charge in [-0.05, 0) is 82.5 Å². The van der Waals surface area contributed by atoms with Gasteiger partial charge in [0.2, 0.25) is 5.89 Å². The van der Waals surface area contributed by atoms with Crippen LogP contribution in [0.3, 0.4) is 0 Å². The van der Waals surface area contributed by atoms with Crippen molar-refractivity contribution in [1.29, 1.82) is 0 Å². The van der Waals surface area contributed by atoms with E-state index in [4.69, 9.17) is 25.5 Å². The first-order valence-electron chi connectivity index (χ1n) is 12.0. The molecule has 0 aliphatic rings. The number of esters is 1. The van der Waals surface area contributed by atoms with E-state index < -0.39 is 17.5 Å². The average molecular weight is 529 g/mol. The Hall–Kier alpha value is -3.36. The molecule has 8 nitrogen and oxygen atoms in total. The lowest BCUT2D eigenvalue weighted by Crippen LogP contribution is -2.40. The fourth-order valence-corrected chi connectivity index (χ4v) is 4.14. The minimum atomic E-state index is -1.14. The maximum absolute atomic E-state index is 12.3. The first-order chi connectivity index (χ1) is 17.4. The third kappa shape index (κ3) is 7.33. The molecule has 1 aromatic heterocycles. The molecular weight excluding hydrogens is 496 g/mol. The Morgan fingerprint density at radius 1 is 1.08 bits per heavy atom. The molecule has 0 saturated heterocycles. The third-order valence-corrected chi connectivity index (χ3v) is 6.02. The Morgan fingerprint density at radius 2 is 1.70 bits per heavy atom. The number of hydrogen-bond acceptors (Lipinski definition) is 7. The van der Waals surface area contributed by atoms with Gasteiger partial charge < -0.3 is 19.0 Å². The number of aliphatic carboxylic acids is 1. The summed E-state index contributed by atoms with van der Waals surface area (Å²) in [6.07, 6.45) is 0. The van der Waals surface area contributed by atoms with E-state index in [0.717, 1.165) is 22.3 Å². The molecule has 0 saturated carbocycles. The SMILES string of the molecule is CCOC(=O)C(C)(C)Oc1c(C)cc(CN(CC(=O)O)Cc2nc(-c3ccc(Cl)cc3)oc2C)cc1C. The fraction of sp³-hybridized carbons (Fsp3) is 0.393. The molecule has 0 radical (unpaired) electrons. The van der Waals surface area contributed by atoms with Crippen molar-refractivity contribution < 1.29 is 28.6 Å². The number of oxazole rings is 1. The number of carboxylic acid groups (broad SMARTS) is 1. The van der Waals surface area contributed by atoms with Gasteiger partial charge in [0.15, 0.2) is 5.60 Å². The van der Waals surface area contributed by atoms with Crippen molar-refractivity contribution in [1.82, 2.24) is 9.88 Å². The molecule has 0 unspecified atom stereocenters. The molecule has 3 aromatic rings. The number of hydrogen-bond donors (Lipinski definition) is 1. The van der Waals surface area contributed by atoms with Crippen LogP contribution in [0.25, 0.3) is 11.5 Å². The van der Waals surface area contributed by atoms with Crippen molar-refractivity contribution in [2.75, 3.05) is 13.2 Å². The predicted molar refractivity (Wildman–Crippen MR) is 141 cm³/mol. The minimum absolute atomic E-state index is 0.172. The van der Waals surface area contributed by atoms with E-state index in [9.17, 15) is 14.7 Å². The highest BCUT2D eigenvalue weighted by Crippen LogP contribution is 2.30. The van der Waals surface area contributed by atoms with Crippen molar-refractivity contribution in [3.63, 3.8) is 0 Å². The first-order valence-corrected chi connectivity index (χ1v) is 12.4. The van der Waals surface area contributed by atoms with Gasteiger partial charge in [-0.2, -0.15) is 0 Å². The molecule has 1 N–H and O–H groups in total. The van der Waals surface area contributed by atoms with Gasteiger partial charge >= 0.3 is 11.9 Å².